The quantitative estimate of drug-likeness (QED) is 0.698. The molecule has 3 rings (SSSR count). The Hall–Kier alpha value is -2.44. The summed E-state index contributed by atoms with van der Waals surface area (Å²) in [4.78, 5) is 24.4. The molecule has 1 aromatic carbocycles. The Bertz CT molecular complexity index is 841. The molecule has 0 radical (unpaired) electrons. The van der Waals surface area contributed by atoms with Crippen molar-refractivity contribution in [2.75, 3.05) is 12.3 Å². The molecule has 0 aliphatic heterocycles. The van der Waals surface area contributed by atoms with Crippen LogP contribution < -0.4 is 11.2 Å². The number of ether oxygens (including phenoxy) is 1. The van der Waals surface area contributed by atoms with Crippen LogP contribution in [0.4, 0.5) is 14.5 Å². The lowest BCUT2D eigenvalue weighted by Gasteiger charge is -2.14. The number of nitrogens with zero attached hydrogens (tertiary/aromatic N) is 1. The van der Waals surface area contributed by atoms with E-state index in [1.165, 1.54) is 10.8 Å². The smallest absolute Gasteiger partial charge is 0.343 e. The number of nitrogen functional groups attached to an aromatic ring is 1. The topological polar surface area (TPSA) is 74.3 Å². The Morgan fingerprint density at radius 1 is 1.45 bits per heavy atom. The van der Waals surface area contributed by atoms with Crippen LogP contribution in [0, 0.1) is 11.6 Å². The molecule has 1 saturated carbocycles. The molecule has 2 aromatic rings. The average Bonchev–Trinajstić information content (AvgIpc) is 3.29. The number of nitrogens with two attached hydrogens (primary N) is 1. The predicted molar refractivity (Wildman–Crippen MR) is 76.8 cm³/mol. The minimum atomic E-state index is -1.14. The first-order valence-electron chi connectivity index (χ1n) is 6.95. The number of benzene rings is 1. The molecule has 0 unspecified atom stereocenters. The van der Waals surface area contributed by atoms with Gasteiger partial charge in [-0.25, -0.2) is 13.6 Å². The summed E-state index contributed by atoms with van der Waals surface area (Å²) in [5.41, 5.74) is 4.32. The molecule has 2 N–H and O–H groups in total. The lowest BCUT2D eigenvalue weighted by atomic mass is 10.1. The number of carbonyl (C=O) groups is 1. The second kappa shape index (κ2) is 5.08. The Labute approximate surface area is 124 Å². The molecule has 116 valence electrons. The van der Waals surface area contributed by atoms with Crippen molar-refractivity contribution in [3.05, 3.63) is 39.7 Å². The monoisotopic (exact) mass is 308 g/mol. The van der Waals surface area contributed by atoms with Gasteiger partial charge in [0.1, 0.15) is 5.56 Å². The van der Waals surface area contributed by atoms with Crippen molar-refractivity contribution in [1.29, 1.82) is 0 Å². The van der Waals surface area contributed by atoms with Crippen LogP contribution in [0.25, 0.3) is 10.9 Å². The maximum Gasteiger partial charge on any atom is 0.343 e. The molecule has 5 nitrogen and oxygen atoms in total. The zero-order valence-corrected chi connectivity index (χ0v) is 11.9. The zero-order valence-electron chi connectivity index (χ0n) is 11.9. The van der Waals surface area contributed by atoms with Gasteiger partial charge < -0.3 is 15.0 Å². The second-order valence-corrected chi connectivity index (χ2v) is 5.22. The van der Waals surface area contributed by atoms with E-state index in [2.05, 4.69) is 0 Å². The summed E-state index contributed by atoms with van der Waals surface area (Å²) in [6.45, 7) is 1.72. The largest absolute Gasteiger partial charge is 0.462 e. The van der Waals surface area contributed by atoms with E-state index >= 15 is 0 Å². The molecule has 0 bridgehead atoms. The normalized spacial score (nSPS) is 14.3. The first-order chi connectivity index (χ1) is 10.5. The fourth-order valence-corrected chi connectivity index (χ4v) is 2.50. The molecular formula is C15H14F2N2O3. The van der Waals surface area contributed by atoms with Gasteiger partial charge >= 0.3 is 5.97 Å². The lowest BCUT2D eigenvalue weighted by molar-refractivity contribution is 0.0524. The molecule has 22 heavy (non-hydrogen) atoms. The summed E-state index contributed by atoms with van der Waals surface area (Å²) in [7, 11) is 0. The number of hydrogen-bond acceptors (Lipinski definition) is 4. The summed E-state index contributed by atoms with van der Waals surface area (Å²) in [6.07, 6.45) is 2.76. The van der Waals surface area contributed by atoms with Crippen LogP contribution in [-0.4, -0.2) is 17.1 Å². The van der Waals surface area contributed by atoms with Crippen molar-refractivity contribution in [1.82, 2.24) is 4.57 Å². The molecule has 0 saturated heterocycles. The highest BCUT2D eigenvalue weighted by molar-refractivity contribution is 5.98. The Kier molecular flexibility index (Phi) is 3.35. The van der Waals surface area contributed by atoms with Crippen molar-refractivity contribution in [3.8, 4) is 0 Å². The molecule has 1 aromatic heterocycles. The number of rotatable bonds is 3. The third-order valence-corrected chi connectivity index (χ3v) is 3.66. The standard InChI is InChI=1S/C15H14F2N2O3/c1-2-22-15(21)8-6-19(7-3-4-7)13-11(14(8)20)10(18)5-9(16)12(13)17/h5-7H,2-4,18H2,1H3. The van der Waals surface area contributed by atoms with E-state index in [-0.39, 0.29) is 34.8 Å². The molecule has 0 spiro atoms. The van der Waals surface area contributed by atoms with Gasteiger partial charge in [-0.05, 0) is 19.8 Å². The van der Waals surface area contributed by atoms with Gasteiger partial charge in [-0.1, -0.05) is 0 Å². The lowest BCUT2D eigenvalue weighted by Crippen LogP contribution is -2.22. The van der Waals surface area contributed by atoms with E-state index in [0.29, 0.717) is 0 Å². The van der Waals surface area contributed by atoms with E-state index in [0.717, 1.165) is 18.9 Å². The highest BCUT2D eigenvalue weighted by atomic mass is 19.2. The van der Waals surface area contributed by atoms with Crippen LogP contribution in [0.5, 0.6) is 0 Å². The molecule has 0 atom stereocenters. The SMILES string of the molecule is CCOC(=O)c1cn(C2CC2)c2c(F)c(F)cc(N)c2c1=O. The van der Waals surface area contributed by atoms with Gasteiger partial charge in [0.25, 0.3) is 0 Å². The van der Waals surface area contributed by atoms with E-state index in [4.69, 9.17) is 10.5 Å². The molecule has 0 amide bonds. The molecular weight excluding hydrogens is 294 g/mol. The third-order valence-electron chi connectivity index (χ3n) is 3.66. The summed E-state index contributed by atoms with van der Waals surface area (Å²) >= 11 is 0. The number of anilines is 1. The maximum absolute atomic E-state index is 14.2. The predicted octanol–water partition coefficient (Wildman–Crippen LogP) is 2.37. The average molecular weight is 308 g/mol. The number of fused-ring (bicyclic) bond motifs is 1. The Balaban J connectivity index is 2.41. The summed E-state index contributed by atoms with van der Waals surface area (Å²) in [5.74, 6) is -3.06. The highest BCUT2D eigenvalue weighted by Crippen LogP contribution is 2.38. The molecule has 1 aliphatic rings. The number of carbonyl (C=O) groups excluding carboxylic acids is 1. The van der Waals surface area contributed by atoms with Crippen molar-refractivity contribution >= 4 is 22.6 Å². The molecule has 7 heteroatoms. The van der Waals surface area contributed by atoms with Crippen molar-refractivity contribution in [3.63, 3.8) is 0 Å². The Morgan fingerprint density at radius 3 is 2.73 bits per heavy atom. The van der Waals surface area contributed by atoms with Gasteiger partial charge in [0.15, 0.2) is 11.6 Å². The van der Waals surface area contributed by atoms with Gasteiger partial charge in [-0.3, -0.25) is 4.79 Å². The van der Waals surface area contributed by atoms with E-state index in [1.54, 1.807) is 6.92 Å². The van der Waals surface area contributed by atoms with Gasteiger partial charge in [0.2, 0.25) is 5.43 Å². The third kappa shape index (κ3) is 2.13. The van der Waals surface area contributed by atoms with E-state index in [1.807, 2.05) is 0 Å². The number of pyridine rings is 1. The van der Waals surface area contributed by atoms with E-state index < -0.39 is 23.0 Å². The second-order valence-electron chi connectivity index (χ2n) is 5.22. The van der Waals surface area contributed by atoms with Crippen LogP contribution in [0.2, 0.25) is 0 Å². The number of esters is 1. The van der Waals surface area contributed by atoms with Gasteiger partial charge in [-0.2, -0.15) is 0 Å². The van der Waals surface area contributed by atoms with Crippen LogP contribution >= 0.6 is 0 Å². The van der Waals surface area contributed by atoms with Crippen LogP contribution in [0.3, 0.4) is 0 Å². The van der Waals surface area contributed by atoms with Crippen molar-refractivity contribution in [2.45, 2.75) is 25.8 Å². The first-order valence-corrected chi connectivity index (χ1v) is 6.95. The van der Waals surface area contributed by atoms with Gasteiger partial charge in [-0.15, -0.1) is 0 Å². The van der Waals surface area contributed by atoms with Crippen molar-refractivity contribution < 1.29 is 18.3 Å². The summed E-state index contributed by atoms with van der Waals surface area (Å²) in [6, 6.07) is 0.678. The van der Waals surface area contributed by atoms with Gasteiger partial charge in [0, 0.05) is 24.0 Å². The summed E-state index contributed by atoms with van der Waals surface area (Å²) < 4.78 is 34.1. The number of aromatic nitrogens is 1. The fourth-order valence-electron chi connectivity index (χ4n) is 2.50. The first kappa shape index (κ1) is 14.5. The summed E-state index contributed by atoms with van der Waals surface area (Å²) in [5, 5.41) is -0.184. The minimum Gasteiger partial charge on any atom is -0.462 e. The fraction of sp³-hybridized carbons (Fsp3) is 0.333. The van der Waals surface area contributed by atoms with Gasteiger partial charge in [0.05, 0.1) is 17.5 Å². The highest BCUT2D eigenvalue weighted by Gasteiger charge is 2.30. The molecule has 1 aliphatic carbocycles. The number of halogens is 2. The number of hydrogen-bond donors (Lipinski definition) is 1. The van der Waals surface area contributed by atoms with Crippen molar-refractivity contribution in [2.24, 2.45) is 0 Å². The zero-order chi connectivity index (χ0) is 16.0. The van der Waals surface area contributed by atoms with E-state index in [9.17, 15) is 18.4 Å². The molecule has 1 fully saturated rings. The van der Waals surface area contributed by atoms with Crippen LogP contribution in [0.15, 0.2) is 17.1 Å². The molecule has 1 heterocycles. The maximum atomic E-state index is 14.2. The van der Waals surface area contributed by atoms with Crippen LogP contribution in [-0.2, 0) is 4.74 Å². The Morgan fingerprint density at radius 2 is 2.14 bits per heavy atom. The van der Waals surface area contributed by atoms with Crippen LogP contribution in [0.1, 0.15) is 36.2 Å². The minimum absolute atomic E-state index is 0.0769.